The molecule has 2 fully saturated rings. The van der Waals surface area contributed by atoms with Crippen molar-refractivity contribution in [2.45, 2.75) is 23.8 Å². The summed E-state index contributed by atoms with van der Waals surface area (Å²) in [6.07, 6.45) is 1.97. The number of halogens is 1. The number of fused-ring (bicyclic) bond motifs is 1. The summed E-state index contributed by atoms with van der Waals surface area (Å²) in [6, 6.07) is 6.90. The minimum atomic E-state index is -3.37. The summed E-state index contributed by atoms with van der Waals surface area (Å²) in [5.41, 5.74) is 0. The molecule has 4 nitrogen and oxygen atoms in total. The van der Waals surface area contributed by atoms with E-state index in [1.54, 1.807) is 28.6 Å². The van der Waals surface area contributed by atoms with E-state index in [2.05, 4.69) is 5.32 Å². The van der Waals surface area contributed by atoms with E-state index in [0.29, 0.717) is 35.0 Å². The number of hydrogen-bond donors (Lipinski definition) is 1. The van der Waals surface area contributed by atoms with Crippen molar-refractivity contribution in [3.05, 3.63) is 29.3 Å². The highest BCUT2D eigenvalue weighted by atomic mass is 35.5. The molecule has 2 unspecified atom stereocenters. The zero-order valence-electron chi connectivity index (χ0n) is 10.5. The maximum Gasteiger partial charge on any atom is 0.243 e. The summed E-state index contributed by atoms with van der Waals surface area (Å²) < 4.78 is 26.7. The lowest BCUT2D eigenvalue weighted by Crippen LogP contribution is -2.46. The van der Waals surface area contributed by atoms with Crippen molar-refractivity contribution in [1.29, 1.82) is 0 Å². The lowest BCUT2D eigenvalue weighted by atomic mass is 9.95. The maximum absolute atomic E-state index is 12.5. The van der Waals surface area contributed by atoms with Crippen molar-refractivity contribution in [3.63, 3.8) is 0 Å². The van der Waals surface area contributed by atoms with Crippen LogP contribution in [0.3, 0.4) is 0 Å². The summed E-state index contributed by atoms with van der Waals surface area (Å²) in [5.74, 6) is 0.454. The summed E-state index contributed by atoms with van der Waals surface area (Å²) in [4.78, 5) is 0.335. The van der Waals surface area contributed by atoms with Crippen LogP contribution in [-0.4, -0.2) is 38.4 Å². The number of piperidine rings is 1. The van der Waals surface area contributed by atoms with Crippen molar-refractivity contribution in [1.82, 2.24) is 9.62 Å². The van der Waals surface area contributed by atoms with Gasteiger partial charge >= 0.3 is 0 Å². The quantitative estimate of drug-likeness (QED) is 0.904. The van der Waals surface area contributed by atoms with Gasteiger partial charge < -0.3 is 5.32 Å². The molecule has 3 rings (SSSR count). The van der Waals surface area contributed by atoms with Crippen molar-refractivity contribution in [2.24, 2.45) is 5.92 Å². The lowest BCUT2D eigenvalue weighted by Gasteiger charge is -2.33. The molecule has 1 aromatic carbocycles. The van der Waals surface area contributed by atoms with E-state index in [9.17, 15) is 8.42 Å². The van der Waals surface area contributed by atoms with Gasteiger partial charge in [-0.15, -0.1) is 0 Å². The van der Waals surface area contributed by atoms with Gasteiger partial charge in [0.25, 0.3) is 0 Å². The average molecular weight is 301 g/mol. The number of rotatable bonds is 2. The normalized spacial score (nSPS) is 28.3. The lowest BCUT2D eigenvalue weighted by molar-refractivity contribution is 0.247. The summed E-state index contributed by atoms with van der Waals surface area (Å²) in [6.45, 7) is 2.23. The first-order valence-electron chi connectivity index (χ1n) is 6.56. The molecule has 2 saturated heterocycles. The molecule has 19 heavy (non-hydrogen) atoms. The van der Waals surface area contributed by atoms with Gasteiger partial charge in [-0.25, -0.2) is 8.42 Å². The fraction of sp³-hybridized carbons (Fsp3) is 0.538. The zero-order valence-corrected chi connectivity index (χ0v) is 12.1. The van der Waals surface area contributed by atoms with Crippen LogP contribution in [0.5, 0.6) is 0 Å². The molecule has 2 atom stereocenters. The van der Waals surface area contributed by atoms with Gasteiger partial charge in [0.15, 0.2) is 0 Å². The Balaban J connectivity index is 1.82. The predicted octanol–water partition coefficient (Wildman–Crippen LogP) is 1.71. The van der Waals surface area contributed by atoms with Gasteiger partial charge in [0.2, 0.25) is 10.0 Å². The van der Waals surface area contributed by atoms with Gasteiger partial charge in [-0.05, 0) is 49.6 Å². The topological polar surface area (TPSA) is 49.4 Å². The number of nitrogens with zero attached hydrogens (tertiary/aromatic N) is 1. The highest BCUT2D eigenvalue weighted by Gasteiger charge is 2.37. The second-order valence-electron chi connectivity index (χ2n) is 5.22. The van der Waals surface area contributed by atoms with Crippen LogP contribution in [0.2, 0.25) is 5.02 Å². The zero-order chi connectivity index (χ0) is 13.5. The molecule has 2 heterocycles. The van der Waals surface area contributed by atoms with E-state index in [-0.39, 0.29) is 0 Å². The Kier molecular flexibility index (Phi) is 3.55. The van der Waals surface area contributed by atoms with Crippen LogP contribution in [0.25, 0.3) is 0 Å². The molecular formula is C13H17ClN2O2S. The largest absolute Gasteiger partial charge is 0.314 e. The molecule has 1 aromatic rings. The van der Waals surface area contributed by atoms with Gasteiger partial charge in [0.1, 0.15) is 0 Å². The molecule has 2 aliphatic rings. The Bertz CT molecular complexity index is 559. The molecule has 0 aliphatic carbocycles. The number of benzene rings is 1. The first kappa shape index (κ1) is 13.4. The summed E-state index contributed by atoms with van der Waals surface area (Å²) in [7, 11) is -3.37. The van der Waals surface area contributed by atoms with Crippen molar-refractivity contribution in [2.75, 3.05) is 19.6 Å². The van der Waals surface area contributed by atoms with E-state index < -0.39 is 10.0 Å². The van der Waals surface area contributed by atoms with Crippen LogP contribution in [-0.2, 0) is 10.0 Å². The molecular weight excluding hydrogens is 284 g/mol. The third-order valence-electron chi connectivity index (χ3n) is 4.07. The Labute approximate surface area is 118 Å². The molecule has 0 amide bonds. The van der Waals surface area contributed by atoms with E-state index >= 15 is 0 Å². The highest BCUT2D eigenvalue weighted by molar-refractivity contribution is 7.89. The minimum Gasteiger partial charge on any atom is -0.314 e. The predicted molar refractivity (Wildman–Crippen MR) is 74.7 cm³/mol. The van der Waals surface area contributed by atoms with Gasteiger partial charge in [-0.3, -0.25) is 0 Å². The van der Waals surface area contributed by atoms with Crippen molar-refractivity contribution in [3.8, 4) is 0 Å². The Hall–Kier alpha value is -0.620. The molecule has 0 bridgehead atoms. The van der Waals surface area contributed by atoms with Crippen LogP contribution < -0.4 is 5.32 Å². The summed E-state index contributed by atoms with van der Waals surface area (Å²) >= 11 is 5.80. The number of nitrogens with one attached hydrogen (secondary N) is 1. The SMILES string of the molecule is O=S(=O)(c1ccc(Cl)cc1)N1CCC2NCCC2C1. The van der Waals surface area contributed by atoms with Gasteiger partial charge in [-0.2, -0.15) is 4.31 Å². The molecule has 1 N–H and O–H groups in total. The molecule has 0 radical (unpaired) electrons. The Morgan fingerprint density at radius 2 is 1.95 bits per heavy atom. The fourth-order valence-electron chi connectivity index (χ4n) is 2.99. The highest BCUT2D eigenvalue weighted by Crippen LogP contribution is 2.28. The first-order valence-corrected chi connectivity index (χ1v) is 8.38. The van der Waals surface area contributed by atoms with E-state index in [1.807, 2.05) is 0 Å². The second kappa shape index (κ2) is 5.05. The molecule has 0 saturated carbocycles. The molecule has 2 aliphatic heterocycles. The third-order valence-corrected chi connectivity index (χ3v) is 6.20. The average Bonchev–Trinajstić information content (AvgIpc) is 2.86. The van der Waals surface area contributed by atoms with Crippen LogP contribution in [0.1, 0.15) is 12.8 Å². The Morgan fingerprint density at radius 3 is 2.68 bits per heavy atom. The van der Waals surface area contributed by atoms with Gasteiger partial charge in [0, 0.05) is 24.2 Å². The minimum absolute atomic E-state index is 0.335. The van der Waals surface area contributed by atoms with E-state index in [1.165, 1.54) is 0 Å². The standard InChI is InChI=1S/C13H17ClN2O2S/c14-11-1-3-12(4-2-11)19(17,18)16-8-6-13-10(9-16)5-7-15-13/h1-4,10,13,15H,5-9H2. The van der Waals surface area contributed by atoms with E-state index in [4.69, 9.17) is 11.6 Å². The smallest absolute Gasteiger partial charge is 0.243 e. The van der Waals surface area contributed by atoms with Gasteiger partial charge in [0.05, 0.1) is 4.90 Å². The summed E-state index contributed by atoms with van der Waals surface area (Å²) in [5, 5.41) is 3.99. The van der Waals surface area contributed by atoms with Crippen LogP contribution >= 0.6 is 11.6 Å². The first-order chi connectivity index (χ1) is 9.07. The Morgan fingerprint density at radius 1 is 1.21 bits per heavy atom. The van der Waals surface area contributed by atoms with Crippen LogP contribution in [0, 0.1) is 5.92 Å². The monoisotopic (exact) mass is 300 g/mol. The van der Waals surface area contributed by atoms with Crippen LogP contribution in [0.4, 0.5) is 0 Å². The molecule has 104 valence electrons. The second-order valence-corrected chi connectivity index (χ2v) is 7.59. The van der Waals surface area contributed by atoms with Gasteiger partial charge in [-0.1, -0.05) is 11.6 Å². The molecule has 0 aromatic heterocycles. The number of hydrogen-bond acceptors (Lipinski definition) is 3. The van der Waals surface area contributed by atoms with Crippen molar-refractivity contribution < 1.29 is 8.42 Å². The molecule has 0 spiro atoms. The third kappa shape index (κ3) is 2.52. The fourth-order valence-corrected chi connectivity index (χ4v) is 4.63. The maximum atomic E-state index is 12.5. The van der Waals surface area contributed by atoms with Crippen LogP contribution in [0.15, 0.2) is 29.2 Å². The van der Waals surface area contributed by atoms with Crippen molar-refractivity contribution >= 4 is 21.6 Å². The molecule has 6 heteroatoms. The number of sulfonamides is 1. The van der Waals surface area contributed by atoms with E-state index in [0.717, 1.165) is 19.4 Å².